The number of hydrogen-bond donors (Lipinski definition) is 1. The zero-order valence-corrected chi connectivity index (χ0v) is 15.2. The molecule has 4 heterocycles. The lowest BCUT2D eigenvalue weighted by molar-refractivity contribution is 0.0602. The summed E-state index contributed by atoms with van der Waals surface area (Å²) in [6, 6.07) is 9.22. The van der Waals surface area contributed by atoms with Crippen LogP contribution >= 0.6 is 0 Å². The summed E-state index contributed by atoms with van der Waals surface area (Å²) in [4.78, 5) is 10.3. The summed E-state index contributed by atoms with van der Waals surface area (Å²) < 4.78 is 10.8. The maximum atomic E-state index is 9.02. The molecule has 0 saturated carbocycles. The zero-order chi connectivity index (χ0) is 19.4. The van der Waals surface area contributed by atoms with Crippen LogP contribution in [0.3, 0.4) is 0 Å². The van der Waals surface area contributed by atoms with Crippen LogP contribution in [0, 0.1) is 11.8 Å². The van der Waals surface area contributed by atoms with E-state index < -0.39 is 5.60 Å². The molecule has 0 bridgehead atoms. The van der Waals surface area contributed by atoms with Gasteiger partial charge < -0.3 is 19.3 Å². The van der Waals surface area contributed by atoms with E-state index in [0.717, 1.165) is 13.0 Å². The molecule has 0 amide bonds. The molecule has 0 aliphatic carbocycles. The Balaban J connectivity index is 1.49. The first kappa shape index (κ1) is 18.0. The molecular weight excluding hydrogens is 360 g/mol. The Bertz CT molecular complexity index is 996. The second-order valence-electron chi connectivity index (χ2n) is 6.29. The molecule has 1 N–H and O–H groups in total. The summed E-state index contributed by atoms with van der Waals surface area (Å²) in [6.07, 6.45) is 2.46. The molecule has 3 aromatic rings. The van der Waals surface area contributed by atoms with Crippen LogP contribution in [0.4, 0.5) is 5.82 Å². The van der Waals surface area contributed by atoms with Crippen LogP contribution in [0.15, 0.2) is 41.1 Å². The highest BCUT2D eigenvalue weighted by molar-refractivity contribution is 5.50. The van der Waals surface area contributed by atoms with Gasteiger partial charge in [0.25, 0.3) is 5.89 Å². The van der Waals surface area contributed by atoms with Crippen molar-refractivity contribution < 1.29 is 14.4 Å². The van der Waals surface area contributed by atoms with E-state index in [4.69, 9.17) is 14.4 Å². The standard InChI is InChI=1S/C19H18N6O3/c1-27-19(8-7-14-4-2-3-10-20-14)9-11-25(13-19)17-6-5-15(22-23-17)18-21-16(12-26)24-28-18/h2-6,10,26H,9,11-13H2,1H3. The van der Waals surface area contributed by atoms with Gasteiger partial charge in [-0.1, -0.05) is 17.1 Å². The van der Waals surface area contributed by atoms with Gasteiger partial charge in [0.2, 0.25) is 0 Å². The van der Waals surface area contributed by atoms with Crippen molar-refractivity contribution in [2.24, 2.45) is 0 Å². The normalized spacial score (nSPS) is 18.7. The topological polar surface area (TPSA) is 110 Å². The first-order chi connectivity index (χ1) is 13.7. The molecular formula is C19H18N6O3. The molecule has 142 valence electrons. The van der Waals surface area contributed by atoms with Gasteiger partial charge in [-0.25, -0.2) is 4.98 Å². The van der Waals surface area contributed by atoms with Crippen LogP contribution < -0.4 is 4.90 Å². The number of rotatable bonds is 4. The minimum atomic E-state index is -0.583. The first-order valence-corrected chi connectivity index (χ1v) is 8.73. The summed E-state index contributed by atoms with van der Waals surface area (Å²) in [5, 5.41) is 21.1. The van der Waals surface area contributed by atoms with Crippen LogP contribution in [0.1, 0.15) is 17.9 Å². The van der Waals surface area contributed by atoms with E-state index in [0.29, 0.717) is 23.8 Å². The van der Waals surface area contributed by atoms with Crippen molar-refractivity contribution in [3.8, 4) is 23.4 Å². The smallest absolute Gasteiger partial charge is 0.278 e. The van der Waals surface area contributed by atoms with Crippen LogP contribution in [0.2, 0.25) is 0 Å². The monoisotopic (exact) mass is 378 g/mol. The molecule has 0 radical (unpaired) electrons. The lowest BCUT2D eigenvalue weighted by atomic mass is 10.0. The van der Waals surface area contributed by atoms with Crippen molar-refractivity contribution in [2.45, 2.75) is 18.6 Å². The number of pyridine rings is 1. The quantitative estimate of drug-likeness (QED) is 0.666. The van der Waals surface area contributed by atoms with Crippen molar-refractivity contribution in [2.75, 3.05) is 25.1 Å². The van der Waals surface area contributed by atoms with E-state index in [-0.39, 0.29) is 18.3 Å². The SMILES string of the molecule is COC1(C#Cc2ccccn2)CCN(c2ccc(-c3nc(CO)no3)nn2)C1. The summed E-state index contributed by atoms with van der Waals surface area (Å²) in [5.41, 5.74) is 0.576. The molecule has 28 heavy (non-hydrogen) atoms. The average Bonchev–Trinajstić information content (AvgIpc) is 3.41. The number of hydrogen-bond acceptors (Lipinski definition) is 9. The van der Waals surface area contributed by atoms with E-state index in [1.54, 1.807) is 19.4 Å². The Morgan fingerprint density at radius 1 is 1.29 bits per heavy atom. The third-order valence-corrected chi connectivity index (χ3v) is 4.51. The maximum absolute atomic E-state index is 9.02. The van der Waals surface area contributed by atoms with Gasteiger partial charge in [-0.3, -0.25) is 0 Å². The fourth-order valence-corrected chi connectivity index (χ4v) is 2.94. The maximum Gasteiger partial charge on any atom is 0.278 e. The summed E-state index contributed by atoms with van der Waals surface area (Å²) in [5.74, 6) is 7.45. The van der Waals surface area contributed by atoms with Crippen LogP contribution in [-0.2, 0) is 11.3 Å². The largest absolute Gasteiger partial charge is 0.388 e. The molecule has 9 heteroatoms. The zero-order valence-electron chi connectivity index (χ0n) is 15.2. The third kappa shape index (κ3) is 3.69. The Kier molecular flexibility index (Phi) is 4.97. The second kappa shape index (κ2) is 7.72. The second-order valence-corrected chi connectivity index (χ2v) is 6.29. The Morgan fingerprint density at radius 3 is 2.89 bits per heavy atom. The van der Waals surface area contributed by atoms with E-state index in [1.165, 1.54) is 0 Å². The van der Waals surface area contributed by atoms with E-state index >= 15 is 0 Å². The van der Waals surface area contributed by atoms with Gasteiger partial charge in [-0.05, 0) is 30.2 Å². The highest BCUT2D eigenvalue weighted by Gasteiger charge is 2.37. The van der Waals surface area contributed by atoms with Gasteiger partial charge in [0, 0.05) is 26.3 Å². The molecule has 4 rings (SSSR count). The van der Waals surface area contributed by atoms with Crippen molar-refractivity contribution in [3.05, 3.63) is 48.0 Å². The molecule has 1 unspecified atom stereocenters. The summed E-state index contributed by atoms with van der Waals surface area (Å²) in [6.45, 7) is 1.03. The van der Waals surface area contributed by atoms with Crippen molar-refractivity contribution in [1.29, 1.82) is 0 Å². The van der Waals surface area contributed by atoms with Gasteiger partial charge in [0.1, 0.15) is 17.9 Å². The Hall–Kier alpha value is -3.35. The highest BCUT2D eigenvalue weighted by Crippen LogP contribution is 2.28. The Morgan fingerprint density at radius 2 is 2.21 bits per heavy atom. The molecule has 0 aromatic carbocycles. The predicted molar refractivity (Wildman–Crippen MR) is 98.9 cm³/mol. The third-order valence-electron chi connectivity index (χ3n) is 4.51. The minimum Gasteiger partial charge on any atom is -0.388 e. The molecule has 1 atom stereocenters. The van der Waals surface area contributed by atoms with Crippen molar-refractivity contribution >= 4 is 5.82 Å². The van der Waals surface area contributed by atoms with E-state index in [1.807, 2.05) is 24.3 Å². The fraction of sp³-hybridized carbons (Fsp3) is 0.316. The molecule has 1 fully saturated rings. The molecule has 1 aliphatic rings. The van der Waals surface area contributed by atoms with Crippen LogP contribution in [0.25, 0.3) is 11.6 Å². The highest BCUT2D eigenvalue weighted by atomic mass is 16.5. The van der Waals surface area contributed by atoms with Crippen molar-refractivity contribution in [3.63, 3.8) is 0 Å². The number of methoxy groups -OCH3 is 1. The molecule has 1 saturated heterocycles. The number of ether oxygens (including phenoxy) is 1. The van der Waals surface area contributed by atoms with Gasteiger partial charge in [-0.15, -0.1) is 10.2 Å². The van der Waals surface area contributed by atoms with Gasteiger partial charge in [-0.2, -0.15) is 4.98 Å². The number of anilines is 1. The summed E-state index contributed by atoms with van der Waals surface area (Å²) in [7, 11) is 1.67. The van der Waals surface area contributed by atoms with Crippen LogP contribution in [-0.4, -0.2) is 56.2 Å². The lowest BCUT2D eigenvalue weighted by Crippen LogP contribution is -2.34. The number of aliphatic hydroxyl groups is 1. The predicted octanol–water partition coefficient (Wildman–Crippen LogP) is 1.06. The lowest BCUT2D eigenvalue weighted by Gasteiger charge is -2.22. The van der Waals surface area contributed by atoms with Gasteiger partial charge >= 0.3 is 0 Å². The fourth-order valence-electron chi connectivity index (χ4n) is 2.94. The minimum absolute atomic E-state index is 0.205. The number of aromatic nitrogens is 5. The van der Waals surface area contributed by atoms with E-state index in [9.17, 15) is 0 Å². The molecule has 1 aliphatic heterocycles. The first-order valence-electron chi connectivity index (χ1n) is 8.73. The van der Waals surface area contributed by atoms with Gasteiger partial charge in [0.15, 0.2) is 17.3 Å². The molecule has 9 nitrogen and oxygen atoms in total. The number of nitrogens with zero attached hydrogens (tertiary/aromatic N) is 6. The average molecular weight is 378 g/mol. The molecule has 3 aromatic heterocycles. The Labute approximate surface area is 161 Å². The van der Waals surface area contributed by atoms with Gasteiger partial charge in [0.05, 0.1) is 6.54 Å². The number of aliphatic hydroxyl groups excluding tert-OH is 1. The summed E-state index contributed by atoms with van der Waals surface area (Å²) >= 11 is 0. The van der Waals surface area contributed by atoms with Crippen molar-refractivity contribution in [1.82, 2.24) is 25.3 Å². The van der Waals surface area contributed by atoms with Crippen LogP contribution in [0.5, 0.6) is 0 Å². The molecule has 0 spiro atoms. The van der Waals surface area contributed by atoms with E-state index in [2.05, 4.69) is 42.1 Å².